The quantitative estimate of drug-likeness (QED) is 0.168. The highest BCUT2D eigenvalue weighted by molar-refractivity contribution is 5.94. The number of hydrogen-bond acceptors (Lipinski definition) is 5. The molecule has 0 bridgehead atoms. The van der Waals surface area contributed by atoms with Crippen molar-refractivity contribution in [2.24, 2.45) is 0 Å². The molecule has 0 unspecified atom stereocenters. The lowest BCUT2D eigenvalue weighted by Gasteiger charge is -2.38. The molecule has 0 heterocycles. The topological polar surface area (TPSA) is 100 Å². The van der Waals surface area contributed by atoms with Crippen LogP contribution in [0, 0.1) is 0 Å². The van der Waals surface area contributed by atoms with E-state index in [1.165, 1.54) is 0 Å². The fourth-order valence-corrected chi connectivity index (χ4v) is 6.10. The molecule has 0 atom stereocenters. The van der Waals surface area contributed by atoms with Crippen molar-refractivity contribution in [3.8, 4) is 16.9 Å². The summed E-state index contributed by atoms with van der Waals surface area (Å²) in [6.07, 6.45) is 7.68. The summed E-state index contributed by atoms with van der Waals surface area (Å²) in [5, 5.41) is 17.0. The van der Waals surface area contributed by atoms with Crippen LogP contribution in [0.5, 0.6) is 5.75 Å². The van der Waals surface area contributed by atoms with Gasteiger partial charge in [-0.3, -0.25) is 4.90 Å². The van der Waals surface area contributed by atoms with Gasteiger partial charge in [0.15, 0.2) is 0 Å². The second-order valence-electron chi connectivity index (χ2n) is 14.6. The third-order valence-electron chi connectivity index (χ3n) is 8.14. The van der Waals surface area contributed by atoms with Crippen molar-refractivity contribution in [2.45, 2.75) is 103 Å². The van der Waals surface area contributed by atoms with Crippen molar-refractivity contribution in [3.63, 3.8) is 0 Å². The van der Waals surface area contributed by atoms with Crippen LogP contribution in [0.1, 0.15) is 84.8 Å². The van der Waals surface area contributed by atoms with Crippen LogP contribution in [-0.2, 0) is 11.2 Å². The van der Waals surface area contributed by atoms with E-state index in [0.29, 0.717) is 32.0 Å². The number of amides is 2. The van der Waals surface area contributed by atoms with Crippen LogP contribution >= 0.6 is 0 Å². The fraction of sp³-hybridized carbons (Fsp3) is 0.450. The summed E-state index contributed by atoms with van der Waals surface area (Å²) >= 11 is 0. The maximum absolute atomic E-state index is 12.8. The standard InChI is InChI=1S/C40H53N3O5/c1-39(2,3)42-32-18-20-33(21-19-32)43(38(45)46)36-28-30(17-24-35(36)31-13-8-7-9-14-31)12-10-11-27-47-34-22-15-29(16-23-34)25-26-41-37(44)48-40(4,5)6/h7-10,12-17,22-24,28,32-33,42H,11,18-21,25-27H2,1-6H3,(H,41,44)(H,45,46)/t32-,33-. The lowest BCUT2D eigenvalue weighted by molar-refractivity contribution is 0.0528. The van der Waals surface area contributed by atoms with Gasteiger partial charge in [0.1, 0.15) is 11.4 Å². The Bertz CT molecular complexity index is 1500. The molecular formula is C40H53N3O5. The van der Waals surface area contributed by atoms with Gasteiger partial charge in [-0.25, -0.2) is 9.59 Å². The first-order chi connectivity index (χ1) is 22.8. The molecule has 8 heteroatoms. The minimum Gasteiger partial charge on any atom is -0.493 e. The number of ether oxygens (including phenoxy) is 2. The van der Waals surface area contributed by atoms with Crippen molar-refractivity contribution in [3.05, 3.63) is 90.0 Å². The van der Waals surface area contributed by atoms with Gasteiger partial charge in [-0.2, -0.15) is 0 Å². The zero-order chi connectivity index (χ0) is 34.7. The predicted molar refractivity (Wildman–Crippen MR) is 195 cm³/mol. The number of carbonyl (C=O) groups is 2. The molecule has 258 valence electrons. The number of alkyl carbamates (subject to hydrolysis) is 1. The Kier molecular flexibility index (Phi) is 12.7. The molecule has 1 aliphatic carbocycles. The number of anilines is 1. The predicted octanol–water partition coefficient (Wildman–Crippen LogP) is 9.09. The van der Waals surface area contributed by atoms with E-state index in [0.717, 1.165) is 59.4 Å². The van der Waals surface area contributed by atoms with Gasteiger partial charge in [-0.15, -0.1) is 0 Å². The van der Waals surface area contributed by atoms with E-state index in [2.05, 4.69) is 37.5 Å². The number of benzene rings is 3. The van der Waals surface area contributed by atoms with Gasteiger partial charge >= 0.3 is 12.2 Å². The van der Waals surface area contributed by atoms with Gasteiger partial charge in [-0.1, -0.05) is 66.7 Å². The van der Waals surface area contributed by atoms with Gasteiger partial charge in [0.2, 0.25) is 0 Å². The van der Waals surface area contributed by atoms with E-state index in [-0.39, 0.29) is 11.6 Å². The summed E-state index contributed by atoms with van der Waals surface area (Å²) in [5.41, 5.74) is 4.19. The van der Waals surface area contributed by atoms with E-state index in [4.69, 9.17) is 9.47 Å². The molecule has 3 N–H and O–H groups in total. The van der Waals surface area contributed by atoms with Gasteiger partial charge in [0.05, 0.1) is 12.3 Å². The minimum absolute atomic E-state index is 0.0320. The second kappa shape index (κ2) is 16.7. The molecule has 3 aromatic rings. The zero-order valence-corrected chi connectivity index (χ0v) is 29.4. The highest BCUT2D eigenvalue weighted by atomic mass is 16.6. The van der Waals surface area contributed by atoms with Crippen LogP contribution in [0.2, 0.25) is 0 Å². The normalized spacial score (nSPS) is 16.8. The summed E-state index contributed by atoms with van der Waals surface area (Å²) in [6.45, 7) is 13.1. The smallest absolute Gasteiger partial charge is 0.412 e. The molecule has 1 saturated carbocycles. The first-order valence-electron chi connectivity index (χ1n) is 17.1. The van der Waals surface area contributed by atoms with Gasteiger partial charge < -0.3 is 25.2 Å². The van der Waals surface area contributed by atoms with Crippen molar-refractivity contribution in [2.75, 3.05) is 18.1 Å². The lowest BCUT2D eigenvalue weighted by Crippen LogP contribution is -2.49. The van der Waals surface area contributed by atoms with Gasteiger partial charge in [0.25, 0.3) is 0 Å². The molecule has 1 aliphatic rings. The van der Waals surface area contributed by atoms with Gasteiger partial charge in [0, 0.05) is 29.7 Å². The molecule has 0 spiro atoms. The SMILES string of the molecule is CC(C)(C)N[C@H]1CC[C@H](N(C(=O)O)c2cc(C=CCCOc3ccc(CCNC(=O)OC(C)(C)C)cc3)ccc2-c2ccccc2)CC1. The average Bonchev–Trinajstić information content (AvgIpc) is 3.01. The number of carbonyl (C=O) groups excluding carboxylic acids is 1. The second-order valence-corrected chi connectivity index (χ2v) is 14.6. The van der Waals surface area contributed by atoms with E-state index in [1.54, 1.807) is 4.90 Å². The van der Waals surface area contributed by atoms with Crippen LogP contribution in [-0.4, -0.2) is 53.7 Å². The van der Waals surface area contributed by atoms with Crippen LogP contribution in [0.4, 0.5) is 15.3 Å². The summed E-state index contributed by atoms with van der Waals surface area (Å²) in [4.78, 5) is 26.3. The van der Waals surface area contributed by atoms with Crippen molar-refractivity contribution in [1.29, 1.82) is 0 Å². The maximum Gasteiger partial charge on any atom is 0.412 e. The van der Waals surface area contributed by atoms with Crippen LogP contribution in [0.25, 0.3) is 17.2 Å². The third kappa shape index (κ3) is 11.7. The largest absolute Gasteiger partial charge is 0.493 e. The van der Waals surface area contributed by atoms with Crippen molar-refractivity contribution >= 4 is 23.9 Å². The molecule has 4 rings (SSSR count). The summed E-state index contributed by atoms with van der Waals surface area (Å²) in [7, 11) is 0. The zero-order valence-electron chi connectivity index (χ0n) is 29.4. The summed E-state index contributed by atoms with van der Waals surface area (Å²) in [6, 6.07) is 24.3. The molecule has 0 saturated heterocycles. The number of nitrogens with zero attached hydrogens (tertiary/aromatic N) is 1. The van der Waals surface area contributed by atoms with E-state index in [9.17, 15) is 14.7 Å². The Morgan fingerprint density at radius 3 is 2.23 bits per heavy atom. The van der Waals surface area contributed by atoms with Gasteiger partial charge in [-0.05, 0) is 115 Å². The molecule has 48 heavy (non-hydrogen) atoms. The Morgan fingerprint density at radius 1 is 0.917 bits per heavy atom. The Labute approximate surface area is 286 Å². The van der Waals surface area contributed by atoms with E-state index < -0.39 is 17.8 Å². The number of rotatable bonds is 12. The van der Waals surface area contributed by atoms with Crippen LogP contribution in [0.15, 0.2) is 78.9 Å². The number of hydrogen-bond donors (Lipinski definition) is 3. The van der Waals surface area contributed by atoms with E-state index >= 15 is 0 Å². The van der Waals surface area contributed by atoms with Crippen molar-refractivity contribution < 1.29 is 24.2 Å². The number of carboxylic acid groups (broad SMARTS) is 1. The third-order valence-corrected chi connectivity index (χ3v) is 8.14. The monoisotopic (exact) mass is 655 g/mol. The Morgan fingerprint density at radius 2 is 1.60 bits per heavy atom. The van der Waals surface area contributed by atoms with Crippen LogP contribution < -0.4 is 20.3 Å². The molecular weight excluding hydrogens is 602 g/mol. The number of nitrogens with one attached hydrogen (secondary N) is 2. The highest BCUT2D eigenvalue weighted by Crippen LogP contribution is 2.37. The molecule has 0 radical (unpaired) electrons. The van der Waals surface area contributed by atoms with Crippen LogP contribution in [0.3, 0.4) is 0 Å². The minimum atomic E-state index is -0.917. The molecule has 3 aromatic carbocycles. The fourth-order valence-electron chi connectivity index (χ4n) is 6.10. The molecule has 1 fully saturated rings. The summed E-state index contributed by atoms with van der Waals surface area (Å²) in [5.74, 6) is 0.784. The van der Waals surface area contributed by atoms with Crippen molar-refractivity contribution in [1.82, 2.24) is 10.6 Å². The summed E-state index contributed by atoms with van der Waals surface area (Å²) < 4.78 is 11.2. The first kappa shape index (κ1) is 36.5. The Hall–Kier alpha value is -4.30. The highest BCUT2D eigenvalue weighted by Gasteiger charge is 2.32. The maximum atomic E-state index is 12.8. The molecule has 2 amide bonds. The first-order valence-corrected chi connectivity index (χ1v) is 17.1. The lowest BCUT2D eigenvalue weighted by atomic mass is 9.88. The average molecular weight is 656 g/mol. The van der Waals surface area contributed by atoms with E-state index in [1.807, 2.05) is 99.6 Å². The molecule has 0 aromatic heterocycles. The Balaban J connectivity index is 1.36. The molecule has 0 aliphatic heterocycles. The molecule has 8 nitrogen and oxygen atoms in total.